The van der Waals surface area contributed by atoms with E-state index in [-0.39, 0.29) is 5.91 Å². The van der Waals surface area contributed by atoms with Gasteiger partial charge in [0.05, 0.1) is 25.2 Å². The number of hydrogen-bond donors (Lipinski definition) is 1. The summed E-state index contributed by atoms with van der Waals surface area (Å²) in [6.45, 7) is 5.06. The quantitative estimate of drug-likeness (QED) is 0.612. The van der Waals surface area contributed by atoms with Crippen LogP contribution in [0.4, 0.5) is 0 Å². The van der Waals surface area contributed by atoms with Crippen LogP contribution in [-0.2, 0) is 9.53 Å². The highest BCUT2D eigenvalue weighted by atomic mass is 32.2. The molecule has 0 spiro atoms. The fourth-order valence-electron chi connectivity index (χ4n) is 2.33. The molecule has 7 nitrogen and oxygen atoms in total. The van der Waals surface area contributed by atoms with E-state index >= 15 is 0 Å². The summed E-state index contributed by atoms with van der Waals surface area (Å²) in [6.07, 6.45) is 1.65. The van der Waals surface area contributed by atoms with Crippen LogP contribution in [0.2, 0.25) is 0 Å². The van der Waals surface area contributed by atoms with Crippen LogP contribution in [-0.4, -0.2) is 67.4 Å². The predicted molar refractivity (Wildman–Crippen MR) is 94.8 cm³/mol. The standard InChI is InChI=1S/C16H20N4O3S/c21-15-12-24-16(18-15)19-17-11-13-2-1-3-14(10-13)23-9-6-20-4-7-22-8-5-20/h1-3,10-11H,4-9,12H2,(H,18,19,21). The summed E-state index contributed by atoms with van der Waals surface area (Å²) in [4.78, 5) is 13.4. The number of carbonyl (C=O) groups excluding carboxylic acids is 1. The molecule has 0 aliphatic carbocycles. The predicted octanol–water partition coefficient (Wildman–Crippen LogP) is 0.951. The third-order valence-electron chi connectivity index (χ3n) is 3.58. The van der Waals surface area contributed by atoms with Crippen LogP contribution >= 0.6 is 11.8 Å². The maximum atomic E-state index is 11.1. The van der Waals surface area contributed by atoms with Crippen LogP contribution in [0.15, 0.2) is 34.5 Å². The van der Waals surface area contributed by atoms with Gasteiger partial charge in [0.2, 0.25) is 5.91 Å². The molecule has 2 aliphatic heterocycles. The van der Waals surface area contributed by atoms with Gasteiger partial charge in [-0.05, 0) is 17.7 Å². The number of carbonyl (C=O) groups is 1. The Balaban J connectivity index is 1.47. The molecule has 8 heteroatoms. The molecule has 0 radical (unpaired) electrons. The fourth-order valence-corrected chi connectivity index (χ4v) is 2.96. The number of rotatable bonds is 6. The zero-order valence-electron chi connectivity index (χ0n) is 13.3. The molecule has 0 unspecified atom stereocenters. The average molecular weight is 348 g/mol. The highest BCUT2D eigenvalue weighted by Crippen LogP contribution is 2.13. The molecule has 0 aromatic heterocycles. The van der Waals surface area contributed by atoms with E-state index in [2.05, 4.69) is 20.4 Å². The molecule has 1 aromatic rings. The van der Waals surface area contributed by atoms with E-state index in [1.54, 1.807) is 6.21 Å². The zero-order valence-corrected chi connectivity index (χ0v) is 14.1. The minimum atomic E-state index is -0.0374. The molecular weight excluding hydrogens is 328 g/mol. The van der Waals surface area contributed by atoms with E-state index in [4.69, 9.17) is 9.47 Å². The largest absolute Gasteiger partial charge is 0.492 e. The Kier molecular flexibility index (Phi) is 6.22. The van der Waals surface area contributed by atoms with Crippen LogP contribution < -0.4 is 10.1 Å². The molecule has 1 N–H and O–H groups in total. The monoisotopic (exact) mass is 348 g/mol. The van der Waals surface area contributed by atoms with Gasteiger partial charge in [0.1, 0.15) is 12.4 Å². The minimum Gasteiger partial charge on any atom is -0.492 e. The Hall–Kier alpha value is -1.90. The molecule has 0 saturated carbocycles. The van der Waals surface area contributed by atoms with Gasteiger partial charge in [0.25, 0.3) is 0 Å². The minimum absolute atomic E-state index is 0.0374. The molecule has 2 fully saturated rings. The third kappa shape index (κ3) is 5.33. The number of nitrogens with one attached hydrogen (secondary N) is 1. The van der Waals surface area contributed by atoms with Crippen molar-refractivity contribution in [2.45, 2.75) is 0 Å². The molecule has 2 saturated heterocycles. The van der Waals surface area contributed by atoms with Gasteiger partial charge in [0, 0.05) is 19.6 Å². The molecular formula is C16H20N4O3S. The zero-order chi connectivity index (χ0) is 16.6. The van der Waals surface area contributed by atoms with Gasteiger partial charge in [-0.2, -0.15) is 5.10 Å². The van der Waals surface area contributed by atoms with Crippen molar-refractivity contribution in [2.24, 2.45) is 10.2 Å². The highest BCUT2D eigenvalue weighted by Gasteiger charge is 2.15. The summed E-state index contributed by atoms with van der Waals surface area (Å²) in [6, 6.07) is 7.70. The number of thioether (sulfide) groups is 1. The van der Waals surface area contributed by atoms with E-state index in [9.17, 15) is 4.79 Å². The Morgan fingerprint density at radius 2 is 2.25 bits per heavy atom. The fraction of sp³-hybridized carbons (Fsp3) is 0.438. The second-order valence-corrected chi connectivity index (χ2v) is 6.33. The van der Waals surface area contributed by atoms with Crippen LogP contribution in [0.1, 0.15) is 5.56 Å². The number of amidine groups is 1. The Morgan fingerprint density at radius 1 is 1.38 bits per heavy atom. The third-order valence-corrected chi connectivity index (χ3v) is 4.44. The normalized spacial score (nSPS) is 20.7. The molecule has 0 atom stereocenters. The summed E-state index contributed by atoms with van der Waals surface area (Å²) < 4.78 is 11.1. The second kappa shape index (κ2) is 8.81. The van der Waals surface area contributed by atoms with Crippen LogP contribution in [0, 0.1) is 0 Å². The van der Waals surface area contributed by atoms with Gasteiger partial charge in [-0.15, -0.1) is 5.10 Å². The van der Waals surface area contributed by atoms with Gasteiger partial charge < -0.3 is 14.8 Å². The summed E-state index contributed by atoms with van der Waals surface area (Å²) in [5, 5.41) is 11.2. The average Bonchev–Trinajstić information content (AvgIpc) is 3.02. The number of amides is 1. The van der Waals surface area contributed by atoms with E-state index in [0.29, 0.717) is 17.5 Å². The molecule has 1 aromatic carbocycles. The van der Waals surface area contributed by atoms with Gasteiger partial charge >= 0.3 is 0 Å². The van der Waals surface area contributed by atoms with Crippen LogP contribution in [0.3, 0.4) is 0 Å². The van der Waals surface area contributed by atoms with E-state index in [0.717, 1.165) is 44.2 Å². The van der Waals surface area contributed by atoms with E-state index < -0.39 is 0 Å². The van der Waals surface area contributed by atoms with Crippen molar-refractivity contribution in [3.63, 3.8) is 0 Å². The van der Waals surface area contributed by atoms with Gasteiger partial charge in [-0.3, -0.25) is 9.69 Å². The van der Waals surface area contributed by atoms with Crippen LogP contribution in [0.25, 0.3) is 0 Å². The second-order valence-electron chi connectivity index (χ2n) is 5.36. The van der Waals surface area contributed by atoms with Crippen molar-refractivity contribution in [2.75, 3.05) is 45.2 Å². The molecule has 24 heavy (non-hydrogen) atoms. The van der Waals surface area contributed by atoms with Gasteiger partial charge in [-0.1, -0.05) is 23.9 Å². The molecule has 3 rings (SSSR count). The van der Waals surface area contributed by atoms with E-state index in [1.165, 1.54) is 11.8 Å². The van der Waals surface area contributed by atoms with Gasteiger partial charge in [0.15, 0.2) is 5.17 Å². The van der Waals surface area contributed by atoms with Crippen molar-refractivity contribution < 1.29 is 14.3 Å². The lowest BCUT2D eigenvalue weighted by Gasteiger charge is -2.26. The Morgan fingerprint density at radius 3 is 3.04 bits per heavy atom. The molecule has 1 amide bonds. The molecule has 2 aliphatic rings. The number of ether oxygens (including phenoxy) is 2. The smallest absolute Gasteiger partial charge is 0.236 e. The number of hydrogen-bond acceptors (Lipinski definition) is 7. The first-order chi connectivity index (χ1) is 11.8. The van der Waals surface area contributed by atoms with Crippen molar-refractivity contribution in [3.05, 3.63) is 29.8 Å². The highest BCUT2D eigenvalue weighted by molar-refractivity contribution is 8.15. The summed E-state index contributed by atoms with van der Waals surface area (Å²) >= 11 is 1.35. The first-order valence-electron chi connectivity index (χ1n) is 7.86. The number of nitrogens with zero attached hydrogens (tertiary/aromatic N) is 3. The maximum absolute atomic E-state index is 11.1. The van der Waals surface area contributed by atoms with Crippen LogP contribution in [0.5, 0.6) is 5.75 Å². The Labute approximate surface area is 145 Å². The number of benzene rings is 1. The Bertz CT molecular complexity index is 630. The van der Waals surface area contributed by atoms with Crippen molar-refractivity contribution in [1.29, 1.82) is 0 Å². The lowest BCUT2D eigenvalue weighted by Crippen LogP contribution is -2.38. The topological polar surface area (TPSA) is 75.5 Å². The number of morpholine rings is 1. The van der Waals surface area contributed by atoms with Crippen molar-refractivity contribution >= 4 is 29.1 Å². The molecule has 2 heterocycles. The maximum Gasteiger partial charge on any atom is 0.236 e. The first kappa shape index (κ1) is 16.9. The molecule has 0 bridgehead atoms. The van der Waals surface area contributed by atoms with Crippen molar-refractivity contribution in [1.82, 2.24) is 10.2 Å². The SMILES string of the molecule is O=C1CSC(=NN=Cc2cccc(OCCN3CCOCC3)c2)N1. The van der Waals surface area contributed by atoms with Gasteiger partial charge in [-0.25, -0.2) is 0 Å². The summed E-state index contributed by atoms with van der Waals surface area (Å²) in [5.41, 5.74) is 0.901. The first-order valence-corrected chi connectivity index (χ1v) is 8.85. The summed E-state index contributed by atoms with van der Waals surface area (Å²) in [5.74, 6) is 1.17. The lowest BCUT2D eigenvalue weighted by molar-refractivity contribution is -0.116. The van der Waals surface area contributed by atoms with Crippen molar-refractivity contribution in [3.8, 4) is 5.75 Å². The van der Waals surface area contributed by atoms with E-state index in [1.807, 2.05) is 24.3 Å². The lowest BCUT2D eigenvalue weighted by atomic mass is 10.2. The summed E-state index contributed by atoms with van der Waals surface area (Å²) in [7, 11) is 0. The molecule has 128 valence electrons.